The molecule has 0 aliphatic carbocycles. The van der Waals surface area contributed by atoms with E-state index >= 15 is 0 Å². The molecule has 0 N–H and O–H groups in total. The van der Waals surface area contributed by atoms with Crippen LogP contribution in [0.5, 0.6) is 0 Å². The summed E-state index contributed by atoms with van der Waals surface area (Å²) in [5.41, 5.74) is 14.7. The molecule has 0 saturated carbocycles. The standard InChI is InChI=1S/C60H36N4O/c1-3-17-38(18-4-1)58-45-22-9-11-27-49(45)61-60(62-58)64-52-30-14-25-43(56(52)47-34-32-37-16-7-8-21-42(37)59(47)64)44-26-15-31-54-57(44)48-36-39(33-35-53(48)65-54)41-24-13-29-51-55(41)46-23-10-12-28-50(46)63(51)40-19-5-2-6-20-40/h1-36H. The largest absolute Gasteiger partial charge is 0.456 e. The van der Waals surface area contributed by atoms with Crippen LogP contribution in [0.15, 0.2) is 223 Å². The van der Waals surface area contributed by atoms with Crippen LogP contribution in [0, 0.1) is 0 Å². The average Bonchev–Trinajstić information content (AvgIpc) is 4.04. The number of rotatable bonds is 5. The smallest absolute Gasteiger partial charge is 0.235 e. The summed E-state index contributed by atoms with van der Waals surface area (Å²) < 4.78 is 11.4. The Hall–Kier alpha value is -8.80. The van der Waals surface area contributed by atoms with Gasteiger partial charge in [-0.3, -0.25) is 4.57 Å². The van der Waals surface area contributed by atoms with Gasteiger partial charge in [0.05, 0.1) is 33.3 Å². The van der Waals surface area contributed by atoms with Gasteiger partial charge in [-0.2, -0.15) is 0 Å². The topological polar surface area (TPSA) is 48.8 Å². The molecule has 10 aromatic carbocycles. The van der Waals surface area contributed by atoms with Crippen LogP contribution in [0.25, 0.3) is 132 Å². The van der Waals surface area contributed by atoms with Crippen molar-refractivity contribution in [1.82, 2.24) is 19.1 Å². The number of nitrogens with zero attached hydrogens (tertiary/aromatic N) is 4. The second-order valence-electron chi connectivity index (χ2n) is 16.9. The summed E-state index contributed by atoms with van der Waals surface area (Å²) in [6.45, 7) is 0. The van der Waals surface area contributed by atoms with E-state index < -0.39 is 0 Å². The molecule has 4 aromatic heterocycles. The summed E-state index contributed by atoms with van der Waals surface area (Å²) in [5, 5.41) is 10.2. The fourth-order valence-corrected chi connectivity index (χ4v) is 10.6. The van der Waals surface area contributed by atoms with Gasteiger partial charge in [-0.15, -0.1) is 0 Å². The molecular formula is C60H36N4O. The third kappa shape index (κ3) is 5.27. The van der Waals surface area contributed by atoms with Crippen molar-refractivity contribution in [2.75, 3.05) is 0 Å². The maximum atomic E-state index is 6.72. The van der Waals surface area contributed by atoms with E-state index in [1.165, 1.54) is 27.4 Å². The van der Waals surface area contributed by atoms with Gasteiger partial charge in [-0.25, -0.2) is 9.97 Å². The first kappa shape index (κ1) is 35.8. The average molecular weight is 829 g/mol. The Morgan fingerprint density at radius 1 is 0.354 bits per heavy atom. The van der Waals surface area contributed by atoms with Crippen molar-refractivity contribution in [3.05, 3.63) is 218 Å². The summed E-state index contributed by atoms with van der Waals surface area (Å²) in [7, 11) is 0. The van der Waals surface area contributed by atoms with Crippen LogP contribution in [0.1, 0.15) is 0 Å². The van der Waals surface area contributed by atoms with Gasteiger partial charge in [0, 0.05) is 54.3 Å². The molecule has 14 rings (SSSR count). The van der Waals surface area contributed by atoms with Crippen LogP contribution in [0.4, 0.5) is 0 Å². The van der Waals surface area contributed by atoms with E-state index in [1.807, 2.05) is 6.07 Å². The van der Waals surface area contributed by atoms with E-state index in [9.17, 15) is 0 Å². The highest BCUT2D eigenvalue weighted by Gasteiger charge is 2.24. The zero-order chi connectivity index (χ0) is 42.6. The summed E-state index contributed by atoms with van der Waals surface area (Å²) in [5.74, 6) is 0.635. The summed E-state index contributed by atoms with van der Waals surface area (Å²) in [4.78, 5) is 10.8. The highest BCUT2D eigenvalue weighted by atomic mass is 16.3. The van der Waals surface area contributed by atoms with Crippen molar-refractivity contribution in [3.63, 3.8) is 0 Å². The Labute approximate surface area is 372 Å². The lowest BCUT2D eigenvalue weighted by Crippen LogP contribution is -2.03. The minimum Gasteiger partial charge on any atom is -0.456 e. The maximum absolute atomic E-state index is 6.72. The molecule has 5 nitrogen and oxygen atoms in total. The number of benzene rings is 10. The summed E-state index contributed by atoms with van der Waals surface area (Å²) in [6.07, 6.45) is 0. The minimum atomic E-state index is 0.635. The molecule has 0 spiro atoms. The van der Waals surface area contributed by atoms with Crippen molar-refractivity contribution in [2.45, 2.75) is 0 Å². The molecule has 0 unspecified atom stereocenters. The third-order valence-electron chi connectivity index (χ3n) is 13.3. The predicted molar refractivity (Wildman–Crippen MR) is 269 cm³/mol. The van der Waals surface area contributed by atoms with E-state index in [2.05, 4.69) is 221 Å². The van der Waals surface area contributed by atoms with Crippen molar-refractivity contribution in [3.8, 4) is 45.1 Å². The zero-order valence-corrected chi connectivity index (χ0v) is 35.0. The van der Waals surface area contributed by atoms with Crippen molar-refractivity contribution in [1.29, 1.82) is 0 Å². The summed E-state index contributed by atoms with van der Waals surface area (Å²) in [6, 6.07) is 77.8. The Morgan fingerprint density at radius 3 is 1.85 bits per heavy atom. The van der Waals surface area contributed by atoms with Crippen LogP contribution >= 0.6 is 0 Å². The lowest BCUT2D eigenvalue weighted by molar-refractivity contribution is 0.669. The molecule has 0 aliphatic rings. The molecule has 5 heteroatoms. The van der Waals surface area contributed by atoms with Crippen LogP contribution in [0.3, 0.4) is 0 Å². The molecule has 0 radical (unpaired) electrons. The van der Waals surface area contributed by atoms with E-state index in [4.69, 9.17) is 14.4 Å². The normalized spacial score (nSPS) is 12.0. The molecule has 0 fully saturated rings. The monoisotopic (exact) mass is 828 g/mol. The van der Waals surface area contributed by atoms with Crippen molar-refractivity contribution in [2.24, 2.45) is 0 Å². The van der Waals surface area contributed by atoms with Crippen LogP contribution in [-0.2, 0) is 0 Å². The van der Waals surface area contributed by atoms with Gasteiger partial charge in [0.1, 0.15) is 11.2 Å². The zero-order valence-electron chi connectivity index (χ0n) is 35.0. The van der Waals surface area contributed by atoms with Gasteiger partial charge in [0.25, 0.3) is 0 Å². The Kier molecular flexibility index (Phi) is 7.62. The van der Waals surface area contributed by atoms with Gasteiger partial charge in [0.15, 0.2) is 0 Å². The highest BCUT2D eigenvalue weighted by Crippen LogP contribution is 2.46. The highest BCUT2D eigenvalue weighted by molar-refractivity contribution is 6.25. The number of hydrogen-bond acceptors (Lipinski definition) is 3. The Bertz CT molecular complexity index is 4240. The van der Waals surface area contributed by atoms with Crippen LogP contribution < -0.4 is 0 Å². The molecule has 0 amide bonds. The molecule has 14 aromatic rings. The number of aromatic nitrogens is 4. The number of furan rings is 1. The predicted octanol–water partition coefficient (Wildman–Crippen LogP) is 15.9. The van der Waals surface area contributed by atoms with E-state index in [0.717, 1.165) is 99.1 Å². The van der Waals surface area contributed by atoms with E-state index in [0.29, 0.717) is 5.95 Å². The van der Waals surface area contributed by atoms with Crippen LogP contribution in [0.2, 0.25) is 0 Å². The quantitative estimate of drug-likeness (QED) is 0.174. The van der Waals surface area contributed by atoms with E-state index in [1.54, 1.807) is 0 Å². The lowest BCUT2D eigenvalue weighted by atomic mass is 9.93. The molecule has 302 valence electrons. The SMILES string of the molecule is c1ccc(-c2nc(-n3c4cccc(-c5cccc6oc7ccc(-c8cccc9c8c8ccccc8n9-c8ccccc8)cc7c56)c4c4ccc5ccccc5c43)nc3ccccc23)cc1. The van der Waals surface area contributed by atoms with Gasteiger partial charge in [-0.1, -0.05) is 164 Å². The summed E-state index contributed by atoms with van der Waals surface area (Å²) >= 11 is 0. The van der Waals surface area contributed by atoms with Gasteiger partial charge < -0.3 is 8.98 Å². The number of para-hydroxylation sites is 3. The molecule has 0 saturated heterocycles. The second kappa shape index (κ2) is 13.9. The second-order valence-corrected chi connectivity index (χ2v) is 16.9. The van der Waals surface area contributed by atoms with Crippen LogP contribution in [-0.4, -0.2) is 19.1 Å². The minimum absolute atomic E-state index is 0.635. The lowest BCUT2D eigenvalue weighted by Gasteiger charge is -2.13. The first-order valence-electron chi connectivity index (χ1n) is 22.1. The Morgan fingerprint density at radius 2 is 1.00 bits per heavy atom. The van der Waals surface area contributed by atoms with Gasteiger partial charge >= 0.3 is 0 Å². The van der Waals surface area contributed by atoms with Crippen molar-refractivity contribution < 1.29 is 4.42 Å². The molecule has 65 heavy (non-hydrogen) atoms. The molecule has 0 aliphatic heterocycles. The molecule has 4 heterocycles. The maximum Gasteiger partial charge on any atom is 0.235 e. The number of fused-ring (bicyclic) bond motifs is 12. The fourth-order valence-electron chi connectivity index (χ4n) is 10.6. The first-order valence-corrected chi connectivity index (χ1v) is 22.1. The molecular weight excluding hydrogens is 793 g/mol. The van der Waals surface area contributed by atoms with E-state index in [-0.39, 0.29) is 0 Å². The Balaban J connectivity index is 1.04. The number of hydrogen-bond donors (Lipinski definition) is 0. The van der Waals surface area contributed by atoms with Gasteiger partial charge in [-0.05, 0) is 82.2 Å². The van der Waals surface area contributed by atoms with Crippen molar-refractivity contribution >= 4 is 87.2 Å². The first-order chi connectivity index (χ1) is 32.3. The van der Waals surface area contributed by atoms with Gasteiger partial charge in [0.2, 0.25) is 5.95 Å². The fraction of sp³-hybridized carbons (Fsp3) is 0. The molecule has 0 bridgehead atoms. The molecule has 0 atom stereocenters. The third-order valence-corrected chi connectivity index (χ3v) is 13.3.